The van der Waals surface area contributed by atoms with E-state index < -0.39 is 21.1 Å². The van der Waals surface area contributed by atoms with E-state index >= 15 is 0 Å². The first-order chi connectivity index (χ1) is 8.13. The molecule has 94 valence electrons. The van der Waals surface area contributed by atoms with Crippen molar-refractivity contribution >= 4 is 22.4 Å². The molecular weight excluding hydrogens is 256 g/mol. The van der Waals surface area contributed by atoms with E-state index in [0.29, 0.717) is 17.7 Å². The maximum absolute atomic E-state index is 12.3. The van der Waals surface area contributed by atoms with Gasteiger partial charge in [0.1, 0.15) is 4.71 Å². The maximum atomic E-state index is 12.3. The number of rotatable bonds is 3. The number of hydrogen-bond donors (Lipinski definition) is 1. The molecule has 1 saturated carbocycles. The van der Waals surface area contributed by atoms with E-state index in [2.05, 4.69) is 0 Å². The normalized spacial score (nSPS) is 22.9. The van der Waals surface area contributed by atoms with Crippen molar-refractivity contribution in [2.45, 2.75) is 47.3 Å². The van der Waals surface area contributed by atoms with E-state index in [1.165, 1.54) is 0 Å². The minimum atomic E-state index is -1.35. The molecule has 1 aliphatic carbocycles. The molecule has 0 spiro atoms. The summed E-state index contributed by atoms with van der Waals surface area (Å²) in [5, 5.41) is 10.4. The van der Waals surface area contributed by atoms with Crippen molar-refractivity contribution in [3.05, 3.63) is 30.3 Å². The van der Waals surface area contributed by atoms with Crippen LogP contribution in [0.25, 0.3) is 0 Å². The van der Waals surface area contributed by atoms with Gasteiger partial charge in [-0.15, -0.1) is 11.6 Å². The van der Waals surface area contributed by atoms with Crippen LogP contribution in [-0.4, -0.2) is 19.6 Å². The van der Waals surface area contributed by atoms with Gasteiger partial charge in [0, 0.05) is 4.90 Å². The molecule has 17 heavy (non-hydrogen) atoms. The molecule has 2 atom stereocenters. The predicted molar refractivity (Wildman–Crippen MR) is 70.5 cm³/mol. The van der Waals surface area contributed by atoms with Crippen LogP contribution in [0.5, 0.6) is 0 Å². The van der Waals surface area contributed by atoms with Gasteiger partial charge in [-0.3, -0.25) is 4.21 Å². The summed E-state index contributed by atoms with van der Waals surface area (Å²) in [5.41, 5.74) is -0.972. The average molecular weight is 273 g/mol. The molecular formula is C13H17ClO2S. The topological polar surface area (TPSA) is 37.3 Å². The Bertz CT molecular complexity index is 388. The summed E-state index contributed by atoms with van der Waals surface area (Å²) in [6.45, 7) is 0. The first-order valence-electron chi connectivity index (χ1n) is 5.95. The van der Waals surface area contributed by atoms with E-state index in [1.807, 2.05) is 18.2 Å². The van der Waals surface area contributed by atoms with Crippen LogP contribution < -0.4 is 0 Å². The monoisotopic (exact) mass is 272 g/mol. The van der Waals surface area contributed by atoms with Crippen LogP contribution in [0.2, 0.25) is 0 Å². The molecule has 0 radical (unpaired) electrons. The number of halogens is 1. The Balaban J connectivity index is 2.14. The van der Waals surface area contributed by atoms with E-state index in [1.54, 1.807) is 12.1 Å². The van der Waals surface area contributed by atoms with Gasteiger partial charge in [0.05, 0.1) is 16.4 Å². The molecule has 0 aromatic heterocycles. The number of alkyl halides is 1. The largest absolute Gasteiger partial charge is 0.387 e. The highest BCUT2D eigenvalue weighted by atomic mass is 35.5. The fraction of sp³-hybridized carbons (Fsp3) is 0.538. The van der Waals surface area contributed by atoms with Crippen LogP contribution in [0.3, 0.4) is 0 Å². The molecule has 2 nitrogen and oxygen atoms in total. The first-order valence-corrected chi connectivity index (χ1v) is 7.60. The lowest BCUT2D eigenvalue weighted by Gasteiger charge is -2.35. The van der Waals surface area contributed by atoms with E-state index in [4.69, 9.17) is 11.6 Å². The molecule has 0 saturated heterocycles. The predicted octanol–water partition coefficient (Wildman–Crippen LogP) is 3.05. The van der Waals surface area contributed by atoms with Crippen molar-refractivity contribution in [3.63, 3.8) is 0 Å². The lowest BCUT2D eigenvalue weighted by Crippen LogP contribution is -2.43. The lowest BCUT2D eigenvalue weighted by molar-refractivity contribution is 0.0175. The molecule has 4 heteroatoms. The molecule has 1 N–H and O–H groups in total. The fourth-order valence-corrected chi connectivity index (χ4v) is 4.09. The third-order valence-electron chi connectivity index (χ3n) is 3.31. The van der Waals surface area contributed by atoms with Crippen LogP contribution >= 0.6 is 11.6 Å². The standard InChI is InChI=1S/C13H17ClO2S/c14-12(13(15)9-5-2-6-10-13)17(16)11-7-3-1-4-8-11/h1,3-4,7-8,12,15H,2,5-6,9-10H2. The van der Waals surface area contributed by atoms with Gasteiger partial charge in [0.2, 0.25) is 0 Å². The molecule has 0 bridgehead atoms. The Labute approximate surface area is 109 Å². The Morgan fingerprint density at radius 3 is 2.35 bits per heavy atom. The molecule has 1 aromatic carbocycles. The quantitative estimate of drug-likeness (QED) is 0.859. The third-order valence-corrected chi connectivity index (χ3v) is 5.75. The Hall–Kier alpha value is -0.380. The highest BCUT2D eigenvalue weighted by Gasteiger charge is 2.40. The van der Waals surface area contributed by atoms with Crippen LogP contribution in [-0.2, 0) is 10.8 Å². The molecule has 1 fully saturated rings. The molecule has 1 aliphatic rings. The van der Waals surface area contributed by atoms with Crippen molar-refractivity contribution in [2.24, 2.45) is 0 Å². The van der Waals surface area contributed by atoms with Crippen molar-refractivity contribution in [3.8, 4) is 0 Å². The zero-order chi connectivity index (χ0) is 12.3. The van der Waals surface area contributed by atoms with Crippen molar-refractivity contribution in [1.82, 2.24) is 0 Å². The summed E-state index contributed by atoms with van der Waals surface area (Å²) < 4.78 is 11.6. The highest BCUT2D eigenvalue weighted by molar-refractivity contribution is 7.87. The van der Waals surface area contributed by atoms with Gasteiger partial charge in [-0.1, -0.05) is 37.5 Å². The average Bonchev–Trinajstić information content (AvgIpc) is 2.39. The molecule has 0 amide bonds. The van der Waals surface area contributed by atoms with Crippen molar-refractivity contribution in [1.29, 1.82) is 0 Å². The van der Waals surface area contributed by atoms with Crippen molar-refractivity contribution in [2.75, 3.05) is 0 Å². The maximum Gasteiger partial charge on any atom is 0.142 e. The molecule has 0 heterocycles. The molecule has 0 aliphatic heterocycles. The van der Waals surface area contributed by atoms with Gasteiger partial charge < -0.3 is 5.11 Å². The van der Waals surface area contributed by atoms with Crippen LogP contribution in [0.15, 0.2) is 35.2 Å². The molecule has 2 unspecified atom stereocenters. The number of benzene rings is 1. The van der Waals surface area contributed by atoms with Crippen LogP contribution in [0.4, 0.5) is 0 Å². The minimum absolute atomic E-state index is 0.653. The Kier molecular flexibility index (Phi) is 4.23. The summed E-state index contributed by atoms with van der Waals surface area (Å²) in [6, 6.07) is 9.12. The SMILES string of the molecule is O=S(c1ccccc1)C(Cl)C1(O)CCCCC1. The Morgan fingerprint density at radius 1 is 1.18 bits per heavy atom. The number of hydrogen-bond acceptors (Lipinski definition) is 2. The molecule has 1 aromatic rings. The number of aliphatic hydroxyl groups is 1. The highest BCUT2D eigenvalue weighted by Crippen LogP contribution is 2.36. The second-order valence-corrected chi connectivity index (χ2v) is 6.82. The van der Waals surface area contributed by atoms with Gasteiger partial charge in [-0.25, -0.2) is 0 Å². The minimum Gasteiger partial charge on any atom is -0.387 e. The smallest absolute Gasteiger partial charge is 0.142 e. The van der Waals surface area contributed by atoms with Crippen LogP contribution in [0.1, 0.15) is 32.1 Å². The summed E-state index contributed by atoms with van der Waals surface area (Å²) in [4.78, 5) is 0.687. The van der Waals surface area contributed by atoms with E-state index in [0.717, 1.165) is 19.3 Å². The van der Waals surface area contributed by atoms with Crippen LogP contribution in [0, 0.1) is 0 Å². The summed E-state index contributed by atoms with van der Waals surface area (Å²) in [6.07, 6.45) is 4.36. The van der Waals surface area contributed by atoms with Gasteiger partial charge in [0.15, 0.2) is 0 Å². The van der Waals surface area contributed by atoms with Crippen molar-refractivity contribution < 1.29 is 9.32 Å². The van der Waals surface area contributed by atoms with Gasteiger partial charge in [-0.2, -0.15) is 0 Å². The Morgan fingerprint density at radius 2 is 1.76 bits per heavy atom. The third kappa shape index (κ3) is 2.90. The summed E-state index contributed by atoms with van der Waals surface area (Å²) >= 11 is 6.24. The summed E-state index contributed by atoms with van der Waals surface area (Å²) in [7, 11) is -1.35. The fourth-order valence-electron chi connectivity index (χ4n) is 2.26. The van der Waals surface area contributed by atoms with Gasteiger partial charge in [0.25, 0.3) is 0 Å². The van der Waals surface area contributed by atoms with E-state index in [9.17, 15) is 9.32 Å². The second kappa shape index (κ2) is 5.51. The zero-order valence-corrected chi connectivity index (χ0v) is 11.2. The van der Waals surface area contributed by atoms with Gasteiger partial charge in [-0.05, 0) is 25.0 Å². The summed E-state index contributed by atoms with van der Waals surface area (Å²) in [5.74, 6) is 0. The lowest BCUT2D eigenvalue weighted by atomic mass is 9.86. The molecule has 2 rings (SSSR count). The zero-order valence-electron chi connectivity index (χ0n) is 9.64. The second-order valence-electron chi connectivity index (χ2n) is 4.59. The van der Waals surface area contributed by atoms with Gasteiger partial charge >= 0.3 is 0 Å². The van der Waals surface area contributed by atoms with E-state index in [-0.39, 0.29) is 0 Å². The first kappa shape index (κ1) is 13.1.